The molecular formula is C14H20N2O2S. The number of thioether (sulfide) groups is 1. The zero-order valence-corrected chi connectivity index (χ0v) is 11.9. The minimum absolute atomic E-state index is 0.0586. The van der Waals surface area contributed by atoms with E-state index < -0.39 is 5.60 Å². The van der Waals surface area contributed by atoms with Gasteiger partial charge in [-0.3, -0.25) is 4.79 Å². The van der Waals surface area contributed by atoms with Crippen LogP contribution in [-0.2, 0) is 4.79 Å². The fourth-order valence-corrected chi connectivity index (χ4v) is 3.34. The lowest BCUT2D eigenvalue weighted by Gasteiger charge is -2.23. The molecule has 0 radical (unpaired) electrons. The van der Waals surface area contributed by atoms with Gasteiger partial charge >= 0.3 is 0 Å². The summed E-state index contributed by atoms with van der Waals surface area (Å²) >= 11 is 1.73. The van der Waals surface area contributed by atoms with Gasteiger partial charge in [0.05, 0.1) is 12.1 Å². The van der Waals surface area contributed by atoms with Crippen LogP contribution in [0.25, 0.3) is 0 Å². The molecule has 1 aliphatic rings. The van der Waals surface area contributed by atoms with E-state index in [1.54, 1.807) is 11.8 Å². The largest absolute Gasteiger partial charge is 0.387 e. The smallest absolute Gasteiger partial charge is 0.239 e. The van der Waals surface area contributed by atoms with Crippen LogP contribution in [0.3, 0.4) is 0 Å². The van der Waals surface area contributed by atoms with Gasteiger partial charge in [0.25, 0.3) is 0 Å². The summed E-state index contributed by atoms with van der Waals surface area (Å²) in [6.07, 6.45) is 0.756. The first-order chi connectivity index (χ1) is 9.09. The Balaban J connectivity index is 1.78. The molecule has 4 nitrogen and oxygen atoms in total. The molecule has 0 spiro atoms. The van der Waals surface area contributed by atoms with Crippen LogP contribution in [0.1, 0.15) is 6.42 Å². The van der Waals surface area contributed by atoms with Crippen molar-refractivity contribution in [1.29, 1.82) is 0 Å². The molecule has 1 atom stereocenters. The summed E-state index contributed by atoms with van der Waals surface area (Å²) in [5, 5.41) is 13.0. The molecule has 1 unspecified atom stereocenters. The maximum absolute atomic E-state index is 11.9. The topological polar surface area (TPSA) is 52.6 Å². The fraction of sp³-hybridized carbons (Fsp3) is 0.500. The Morgan fingerprint density at radius 2 is 2.21 bits per heavy atom. The summed E-state index contributed by atoms with van der Waals surface area (Å²) in [5.74, 6) is 1.62. The zero-order valence-electron chi connectivity index (χ0n) is 11.1. The van der Waals surface area contributed by atoms with E-state index in [0.29, 0.717) is 18.8 Å². The Labute approximate surface area is 118 Å². The molecule has 1 aliphatic heterocycles. The van der Waals surface area contributed by atoms with Crippen molar-refractivity contribution in [3.63, 3.8) is 0 Å². The van der Waals surface area contributed by atoms with Crippen molar-refractivity contribution in [2.24, 2.45) is 0 Å². The fourth-order valence-electron chi connectivity index (χ4n) is 2.04. The lowest BCUT2D eigenvalue weighted by atomic mass is 10.0. The summed E-state index contributed by atoms with van der Waals surface area (Å²) < 4.78 is 0. The normalized spacial score (nSPS) is 22.2. The van der Waals surface area contributed by atoms with Crippen LogP contribution in [0.2, 0.25) is 0 Å². The number of hydrogen-bond donors (Lipinski definition) is 2. The molecule has 1 saturated heterocycles. The Morgan fingerprint density at radius 3 is 2.84 bits per heavy atom. The van der Waals surface area contributed by atoms with E-state index >= 15 is 0 Å². The van der Waals surface area contributed by atoms with Crippen molar-refractivity contribution in [2.45, 2.75) is 12.0 Å². The number of nitrogens with one attached hydrogen (secondary N) is 1. The first-order valence-electron chi connectivity index (χ1n) is 6.42. The molecule has 1 aromatic rings. The summed E-state index contributed by atoms with van der Waals surface area (Å²) in [5.41, 5.74) is 0.291. The number of benzene rings is 1. The highest BCUT2D eigenvalue weighted by Gasteiger charge is 2.31. The van der Waals surface area contributed by atoms with E-state index in [1.165, 1.54) is 0 Å². The van der Waals surface area contributed by atoms with E-state index in [0.717, 1.165) is 17.9 Å². The van der Waals surface area contributed by atoms with Crippen molar-refractivity contribution < 1.29 is 9.90 Å². The maximum atomic E-state index is 11.9. The van der Waals surface area contributed by atoms with E-state index in [2.05, 4.69) is 5.32 Å². The number of carbonyl (C=O) groups is 1. The molecule has 104 valence electrons. The average molecular weight is 280 g/mol. The number of carbonyl (C=O) groups excluding carboxylic acids is 1. The molecule has 2 N–H and O–H groups in total. The van der Waals surface area contributed by atoms with Gasteiger partial charge in [-0.25, -0.2) is 0 Å². The quantitative estimate of drug-likeness (QED) is 0.848. The predicted octanol–water partition coefficient (Wildman–Crippen LogP) is 1.11. The van der Waals surface area contributed by atoms with Crippen molar-refractivity contribution in [2.75, 3.05) is 36.5 Å². The number of nitrogens with zero attached hydrogens (tertiary/aromatic N) is 1. The zero-order chi connectivity index (χ0) is 13.7. The Morgan fingerprint density at radius 1 is 1.47 bits per heavy atom. The third kappa shape index (κ3) is 4.14. The number of amides is 1. The van der Waals surface area contributed by atoms with Crippen LogP contribution < -0.4 is 10.2 Å². The van der Waals surface area contributed by atoms with Crippen molar-refractivity contribution in [1.82, 2.24) is 5.32 Å². The number of rotatable bonds is 5. The molecule has 1 heterocycles. The third-order valence-electron chi connectivity index (χ3n) is 3.27. The molecule has 0 saturated carbocycles. The molecule has 1 amide bonds. The number of likely N-dealkylation sites (N-methyl/N-ethyl adjacent to an activating group) is 1. The van der Waals surface area contributed by atoms with Gasteiger partial charge in [0, 0.05) is 25.0 Å². The predicted molar refractivity (Wildman–Crippen MR) is 79.6 cm³/mol. The lowest BCUT2D eigenvalue weighted by Crippen LogP contribution is -2.45. The Bertz CT molecular complexity index is 419. The van der Waals surface area contributed by atoms with Crippen molar-refractivity contribution in [3.05, 3.63) is 30.3 Å². The highest BCUT2D eigenvalue weighted by atomic mass is 32.2. The molecule has 19 heavy (non-hydrogen) atoms. The number of anilines is 1. The summed E-state index contributed by atoms with van der Waals surface area (Å²) in [6.45, 7) is 0.648. The van der Waals surface area contributed by atoms with Crippen LogP contribution in [0.5, 0.6) is 0 Å². The molecule has 1 fully saturated rings. The van der Waals surface area contributed by atoms with Crippen molar-refractivity contribution >= 4 is 23.4 Å². The van der Waals surface area contributed by atoms with Crippen LogP contribution in [-0.4, -0.2) is 48.3 Å². The summed E-state index contributed by atoms with van der Waals surface area (Å²) in [7, 11) is 1.88. The van der Waals surface area contributed by atoms with Gasteiger partial charge in [-0.15, -0.1) is 0 Å². The second kappa shape index (κ2) is 6.30. The van der Waals surface area contributed by atoms with Crippen LogP contribution >= 0.6 is 11.8 Å². The maximum Gasteiger partial charge on any atom is 0.239 e. The standard InChI is InChI=1S/C14H20N2O2S/c1-16(12-5-3-2-4-6-12)9-13(17)15-10-14(18)7-8-19-11-14/h2-6,18H,7-11H2,1H3,(H,15,17). The minimum atomic E-state index is -0.717. The van der Waals surface area contributed by atoms with Crippen molar-refractivity contribution in [3.8, 4) is 0 Å². The molecule has 5 heteroatoms. The number of hydrogen-bond acceptors (Lipinski definition) is 4. The van der Waals surface area contributed by atoms with Gasteiger partial charge < -0.3 is 15.3 Å². The van der Waals surface area contributed by atoms with Crippen LogP contribution in [0, 0.1) is 0 Å². The van der Waals surface area contributed by atoms with E-state index in [9.17, 15) is 9.90 Å². The summed E-state index contributed by atoms with van der Waals surface area (Å²) in [6, 6.07) is 9.78. The van der Waals surface area contributed by atoms with E-state index in [4.69, 9.17) is 0 Å². The molecular weight excluding hydrogens is 260 g/mol. The molecule has 0 aromatic heterocycles. The Kier molecular flexibility index (Phi) is 4.71. The molecule has 0 aliphatic carbocycles. The highest BCUT2D eigenvalue weighted by molar-refractivity contribution is 7.99. The first-order valence-corrected chi connectivity index (χ1v) is 7.58. The van der Waals surface area contributed by atoms with E-state index in [1.807, 2.05) is 42.3 Å². The second-order valence-corrected chi connectivity index (χ2v) is 6.10. The SMILES string of the molecule is CN(CC(=O)NCC1(O)CCSC1)c1ccccc1. The Hall–Kier alpha value is -1.20. The second-order valence-electron chi connectivity index (χ2n) is 5.00. The molecule has 2 rings (SSSR count). The lowest BCUT2D eigenvalue weighted by molar-refractivity contribution is -0.120. The number of para-hydroxylation sites is 1. The highest BCUT2D eigenvalue weighted by Crippen LogP contribution is 2.26. The van der Waals surface area contributed by atoms with Gasteiger partial charge in [0.15, 0.2) is 0 Å². The van der Waals surface area contributed by atoms with Gasteiger partial charge in [-0.2, -0.15) is 11.8 Å². The third-order valence-corrected chi connectivity index (χ3v) is 4.51. The van der Waals surface area contributed by atoms with Gasteiger partial charge in [-0.05, 0) is 24.3 Å². The molecule has 0 bridgehead atoms. The first kappa shape index (κ1) is 14.2. The molecule has 1 aromatic carbocycles. The minimum Gasteiger partial charge on any atom is -0.387 e. The van der Waals surface area contributed by atoms with E-state index in [-0.39, 0.29) is 5.91 Å². The monoisotopic (exact) mass is 280 g/mol. The number of aliphatic hydroxyl groups is 1. The average Bonchev–Trinajstić information content (AvgIpc) is 2.85. The van der Waals surface area contributed by atoms with Crippen LogP contribution in [0.15, 0.2) is 30.3 Å². The van der Waals surface area contributed by atoms with Gasteiger partial charge in [0.2, 0.25) is 5.91 Å². The summed E-state index contributed by atoms with van der Waals surface area (Å²) in [4.78, 5) is 13.7. The van der Waals surface area contributed by atoms with Gasteiger partial charge in [0.1, 0.15) is 0 Å². The van der Waals surface area contributed by atoms with Crippen LogP contribution in [0.4, 0.5) is 5.69 Å². The van der Waals surface area contributed by atoms with Gasteiger partial charge in [-0.1, -0.05) is 18.2 Å².